The molecule has 0 radical (unpaired) electrons. The van der Waals surface area contributed by atoms with E-state index in [4.69, 9.17) is 26.8 Å². The Morgan fingerprint density at radius 3 is 2.41 bits per heavy atom. The molecule has 0 spiro atoms. The predicted octanol–water partition coefficient (Wildman–Crippen LogP) is 2.80. The lowest BCUT2D eigenvalue weighted by molar-refractivity contribution is 0.397. The number of nitrogens with two attached hydrogens (primary N) is 1. The minimum atomic E-state index is 0.452. The standard InChI is InChI=1S/C12H13ClN2O2/c1-6-4-7(14)10-11(13)8(16-2)5-9(17-3)12(10)15-6/h4-5H,1-3H3,(H2,14,15). The third kappa shape index (κ3) is 1.85. The fourth-order valence-corrected chi connectivity index (χ4v) is 2.12. The Hall–Kier alpha value is -1.68. The Labute approximate surface area is 104 Å². The van der Waals surface area contributed by atoms with E-state index in [1.807, 2.05) is 6.92 Å². The molecule has 1 aromatic heterocycles. The molecular formula is C12H13ClN2O2. The minimum Gasteiger partial charge on any atom is -0.495 e. The molecule has 2 aromatic rings. The fourth-order valence-electron chi connectivity index (χ4n) is 1.79. The van der Waals surface area contributed by atoms with Gasteiger partial charge in [-0.05, 0) is 13.0 Å². The number of rotatable bonds is 2. The van der Waals surface area contributed by atoms with E-state index in [9.17, 15) is 0 Å². The maximum absolute atomic E-state index is 6.23. The van der Waals surface area contributed by atoms with E-state index in [1.165, 1.54) is 0 Å². The number of ether oxygens (including phenoxy) is 2. The molecule has 4 nitrogen and oxygen atoms in total. The average molecular weight is 253 g/mol. The van der Waals surface area contributed by atoms with Crippen molar-refractivity contribution in [3.05, 3.63) is 22.8 Å². The summed E-state index contributed by atoms with van der Waals surface area (Å²) in [5, 5.41) is 1.11. The summed E-state index contributed by atoms with van der Waals surface area (Å²) < 4.78 is 10.5. The number of nitrogen functional groups attached to an aromatic ring is 1. The summed E-state index contributed by atoms with van der Waals surface area (Å²) in [5.41, 5.74) is 8.00. The van der Waals surface area contributed by atoms with Crippen LogP contribution >= 0.6 is 11.6 Å². The first-order chi connectivity index (χ1) is 8.08. The number of hydrogen-bond donors (Lipinski definition) is 1. The summed E-state index contributed by atoms with van der Waals surface area (Å²) in [4.78, 5) is 4.40. The van der Waals surface area contributed by atoms with Crippen molar-refractivity contribution >= 4 is 28.2 Å². The van der Waals surface area contributed by atoms with Crippen LogP contribution in [-0.2, 0) is 0 Å². The number of nitrogens with zero attached hydrogens (tertiary/aromatic N) is 1. The van der Waals surface area contributed by atoms with Crippen LogP contribution in [0, 0.1) is 6.92 Å². The molecule has 0 unspecified atom stereocenters. The normalized spacial score (nSPS) is 10.6. The molecule has 5 heteroatoms. The van der Waals surface area contributed by atoms with Crippen molar-refractivity contribution in [2.75, 3.05) is 20.0 Å². The number of hydrogen-bond acceptors (Lipinski definition) is 4. The van der Waals surface area contributed by atoms with Gasteiger partial charge in [0, 0.05) is 22.8 Å². The van der Waals surface area contributed by atoms with E-state index in [-0.39, 0.29) is 0 Å². The molecule has 0 saturated carbocycles. The summed E-state index contributed by atoms with van der Waals surface area (Å²) >= 11 is 6.23. The maximum atomic E-state index is 6.23. The van der Waals surface area contributed by atoms with Crippen molar-refractivity contribution in [2.24, 2.45) is 0 Å². The summed E-state index contributed by atoms with van der Waals surface area (Å²) in [6, 6.07) is 3.48. The van der Waals surface area contributed by atoms with Crippen LogP contribution in [-0.4, -0.2) is 19.2 Å². The quantitative estimate of drug-likeness (QED) is 0.893. The van der Waals surface area contributed by atoms with Gasteiger partial charge in [0.25, 0.3) is 0 Å². The zero-order valence-corrected chi connectivity index (χ0v) is 10.6. The van der Waals surface area contributed by atoms with Crippen molar-refractivity contribution < 1.29 is 9.47 Å². The number of aromatic nitrogens is 1. The highest BCUT2D eigenvalue weighted by Crippen LogP contribution is 2.40. The van der Waals surface area contributed by atoms with Gasteiger partial charge >= 0.3 is 0 Å². The van der Waals surface area contributed by atoms with Gasteiger partial charge in [0.15, 0.2) is 0 Å². The Balaban J connectivity index is 2.94. The first-order valence-corrected chi connectivity index (χ1v) is 5.43. The predicted molar refractivity (Wildman–Crippen MR) is 69.0 cm³/mol. The topological polar surface area (TPSA) is 57.4 Å². The molecule has 0 fully saturated rings. The lowest BCUT2D eigenvalue weighted by Gasteiger charge is -2.12. The van der Waals surface area contributed by atoms with Crippen LogP contribution in [0.3, 0.4) is 0 Å². The van der Waals surface area contributed by atoms with Crippen molar-refractivity contribution in [2.45, 2.75) is 6.92 Å². The van der Waals surface area contributed by atoms with Crippen LogP contribution in [0.4, 0.5) is 5.69 Å². The van der Waals surface area contributed by atoms with Gasteiger partial charge in [-0.25, -0.2) is 4.98 Å². The van der Waals surface area contributed by atoms with Gasteiger partial charge in [-0.2, -0.15) is 0 Å². The molecule has 0 aliphatic carbocycles. The molecule has 0 saturated heterocycles. The highest BCUT2D eigenvalue weighted by Gasteiger charge is 2.15. The first-order valence-electron chi connectivity index (χ1n) is 5.05. The molecule has 90 valence electrons. The molecule has 0 bridgehead atoms. The van der Waals surface area contributed by atoms with Gasteiger partial charge in [0.05, 0.1) is 19.2 Å². The summed E-state index contributed by atoms with van der Waals surface area (Å²) in [7, 11) is 3.12. The Kier molecular flexibility index (Phi) is 2.98. The number of pyridine rings is 1. The van der Waals surface area contributed by atoms with Crippen molar-refractivity contribution in [1.29, 1.82) is 0 Å². The van der Waals surface area contributed by atoms with Gasteiger partial charge in [0.1, 0.15) is 17.0 Å². The number of halogens is 1. The van der Waals surface area contributed by atoms with Crippen LogP contribution in [0.2, 0.25) is 5.02 Å². The Morgan fingerprint density at radius 2 is 1.82 bits per heavy atom. The molecular weight excluding hydrogens is 240 g/mol. The van der Waals surface area contributed by atoms with Gasteiger partial charge in [-0.15, -0.1) is 0 Å². The second-order valence-corrected chi connectivity index (χ2v) is 4.05. The molecule has 2 rings (SSSR count). The number of fused-ring (bicyclic) bond motifs is 1. The number of benzene rings is 1. The fraction of sp³-hybridized carbons (Fsp3) is 0.250. The van der Waals surface area contributed by atoms with Crippen LogP contribution in [0.25, 0.3) is 10.9 Å². The number of aryl methyl sites for hydroxylation is 1. The third-order valence-corrected chi connectivity index (χ3v) is 2.92. The van der Waals surface area contributed by atoms with Crippen LogP contribution in [0.15, 0.2) is 12.1 Å². The van der Waals surface area contributed by atoms with E-state index in [0.717, 1.165) is 5.69 Å². The summed E-state index contributed by atoms with van der Waals surface area (Å²) in [6.45, 7) is 1.87. The second-order valence-electron chi connectivity index (χ2n) is 3.67. The molecule has 0 atom stereocenters. The van der Waals surface area contributed by atoms with Crippen molar-refractivity contribution in [1.82, 2.24) is 4.98 Å². The zero-order valence-electron chi connectivity index (χ0n) is 9.87. The Bertz CT molecular complexity index is 584. The van der Waals surface area contributed by atoms with Gasteiger partial charge in [0.2, 0.25) is 0 Å². The molecule has 2 N–H and O–H groups in total. The second kappa shape index (κ2) is 4.30. The molecule has 0 amide bonds. The molecule has 17 heavy (non-hydrogen) atoms. The van der Waals surface area contributed by atoms with E-state index >= 15 is 0 Å². The van der Waals surface area contributed by atoms with Crippen LogP contribution < -0.4 is 15.2 Å². The monoisotopic (exact) mass is 252 g/mol. The number of methoxy groups -OCH3 is 2. The van der Waals surface area contributed by atoms with Gasteiger partial charge < -0.3 is 15.2 Å². The van der Waals surface area contributed by atoms with E-state index in [1.54, 1.807) is 26.4 Å². The largest absolute Gasteiger partial charge is 0.495 e. The zero-order chi connectivity index (χ0) is 12.6. The number of anilines is 1. The molecule has 1 heterocycles. The van der Waals surface area contributed by atoms with Crippen LogP contribution in [0.1, 0.15) is 5.69 Å². The van der Waals surface area contributed by atoms with E-state index < -0.39 is 0 Å². The van der Waals surface area contributed by atoms with Gasteiger partial charge in [-0.3, -0.25) is 0 Å². The average Bonchev–Trinajstić information content (AvgIpc) is 2.28. The van der Waals surface area contributed by atoms with Crippen molar-refractivity contribution in [3.8, 4) is 11.5 Å². The Morgan fingerprint density at radius 1 is 1.18 bits per heavy atom. The van der Waals surface area contributed by atoms with E-state index in [2.05, 4.69) is 4.98 Å². The molecule has 1 aromatic carbocycles. The van der Waals surface area contributed by atoms with Crippen molar-refractivity contribution in [3.63, 3.8) is 0 Å². The van der Waals surface area contributed by atoms with E-state index in [0.29, 0.717) is 33.1 Å². The third-order valence-electron chi connectivity index (χ3n) is 2.55. The van der Waals surface area contributed by atoms with Crippen LogP contribution in [0.5, 0.6) is 11.5 Å². The highest BCUT2D eigenvalue weighted by molar-refractivity contribution is 6.38. The van der Waals surface area contributed by atoms with Gasteiger partial charge in [-0.1, -0.05) is 11.6 Å². The highest BCUT2D eigenvalue weighted by atomic mass is 35.5. The maximum Gasteiger partial charge on any atom is 0.148 e. The minimum absolute atomic E-state index is 0.452. The smallest absolute Gasteiger partial charge is 0.148 e. The SMILES string of the molecule is COc1cc(OC)c2nc(C)cc(N)c2c1Cl. The lowest BCUT2D eigenvalue weighted by atomic mass is 10.1. The summed E-state index contributed by atoms with van der Waals surface area (Å²) in [6.07, 6.45) is 0. The lowest BCUT2D eigenvalue weighted by Crippen LogP contribution is -1.97. The first kappa shape index (κ1) is 11.8. The molecule has 0 aliphatic rings. The molecule has 0 aliphatic heterocycles. The summed E-state index contributed by atoms with van der Waals surface area (Å²) in [5.74, 6) is 1.12.